The largest absolute Gasteiger partial charge is 0.356 e. The van der Waals surface area contributed by atoms with Gasteiger partial charge in [-0.2, -0.15) is 5.10 Å². The summed E-state index contributed by atoms with van der Waals surface area (Å²) in [5.41, 5.74) is 4.77. The molecule has 3 aromatic rings. The number of nitrogens with one attached hydrogen (secondary N) is 1. The van der Waals surface area contributed by atoms with Crippen molar-refractivity contribution >= 4 is 17.6 Å². The Hall–Kier alpha value is -3.39. The summed E-state index contributed by atoms with van der Waals surface area (Å²) in [6.45, 7) is 4.88. The number of carbonyl (C=O) groups excluding carboxylic acids is 2. The van der Waals surface area contributed by atoms with E-state index in [0.717, 1.165) is 49.7 Å². The Balaban J connectivity index is 1.05. The molecule has 0 saturated heterocycles. The first kappa shape index (κ1) is 23.4. The molecule has 4 heterocycles. The number of rotatable bonds is 9. The highest BCUT2D eigenvalue weighted by molar-refractivity contribution is 5.94. The van der Waals surface area contributed by atoms with Crippen molar-refractivity contribution < 1.29 is 9.59 Å². The molecule has 0 atom stereocenters. The highest BCUT2D eigenvalue weighted by Crippen LogP contribution is 2.28. The molecule has 35 heavy (non-hydrogen) atoms. The zero-order chi connectivity index (χ0) is 24.2. The van der Waals surface area contributed by atoms with Crippen molar-refractivity contribution in [2.45, 2.75) is 45.2 Å². The van der Waals surface area contributed by atoms with Gasteiger partial charge in [-0.3, -0.25) is 19.4 Å². The molecular formula is C27H34N6O2. The number of aromatic nitrogens is 3. The number of amides is 2. The number of hydrogen-bond donors (Lipinski definition) is 1. The summed E-state index contributed by atoms with van der Waals surface area (Å²) in [5, 5.41) is 7.75. The van der Waals surface area contributed by atoms with Gasteiger partial charge in [0.25, 0.3) is 0 Å². The second-order valence-electron chi connectivity index (χ2n) is 9.51. The van der Waals surface area contributed by atoms with Crippen molar-refractivity contribution in [2.24, 2.45) is 7.05 Å². The van der Waals surface area contributed by atoms with Gasteiger partial charge in [0.05, 0.1) is 12.2 Å². The van der Waals surface area contributed by atoms with Gasteiger partial charge < -0.3 is 9.88 Å². The molecule has 2 amide bonds. The van der Waals surface area contributed by atoms with Gasteiger partial charge in [-0.15, -0.1) is 0 Å². The molecule has 0 unspecified atom stereocenters. The Morgan fingerprint density at radius 2 is 1.89 bits per heavy atom. The number of anilines is 1. The first-order valence-corrected chi connectivity index (χ1v) is 12.6. The van der Waals surface area contributed by atoms with Crippen molar-refractivity contribution in [3.63, 3.8) is 0 Å². The first-order valence-electron chi connectivity index (χ1n) is 12.6. The van der Waals surface area contributed by atoms with Crippen LogP contribution in [0.5, 0.6) is 0 Å². The fraction of sp³-hybridized carbons (Fsp3) is 0.444. The SMILES string of the molecule is Cn1cccc1-c1cc2n(n1)CCC(=O)N2CCCC(=O)NCCCN1CCc2ccccc2C1. The monoisotopic (exact) mass is 474 g/mol. The normalized spacial score (nSPS) is 15.7. The fourth-order valence-corrected chi connectivity index (χ4v) is 5.11. The molecule has 0 saturated carbocycles. The Morgan fingerprint density at radius 3 is 2.71 bits per heavy atom. The van der Waals surface area contributed by atoms with E-state index in [1.807, 2.05) is 40.7 Å². The summed E-state index contributed by atoms with van der Waals surface area (Å²) in [5.74, 6) is 0.969. The van der Waals surface area contributed by atoms with Crippen LogP contribution in [0, 0.1) is 0 Å². The fourth-order valence-electron chi connectivity index (χ4n) is 5.11. The van der Waals surface area contributed by atoms with Crippen molar-refractivity contribution in [3.8, 4) is 11.4 Å². The van der Waals surface area contributed by atoms with Gasteiger partial charge in [0.15, 0.2) is 0 Å². The van der Waals surface area contributed by atoms with Crippen molar-refractivity contribution in [3.05, 3.63) is 59.8 Å². The third-order valence-corrected chi connectivity index (χ3v) is 7.05. The molecule has 5 rings (SSSR count). The minimum Gasteiger partial charge on any atom is -0.356 e. The summed E-state index contributed by atoms with van der Waals surface area (Å²) in [6.07, 6.45) is 5.52. The number of benzene rings is 1. The molecule has 184 valence electrons. The van der Waals surface area contributed by atoms with E-state index < -0.39 is 0 Å². The topological polar surface area (TPSA) is 75.4 Å². The highest BCUT2D eigenvalue weighted by atomic mass is 16.2. The van der Waals surface area contributed by atoms with Crippen LogP contribution in [0.25, 0.3) is 11.4 Å². The molecule has 0 aliphatic carbocycles. The van der Waals surface area contributed by atoms with Gasteiger partial charge in [0.1, 0.15) is 11.5 Å². The third kappa shape index (κ3) is 5.32. The summed E-state index contributed by atoms with van der Waals surface area (Å²) >= 11 is 0. The van der Waals surface area contributed by atoms with Crippen LogP contribution in [-0.4, -0.2) is 57.2 Å². The lowest BCUT2D eigenvalue weighted by Crippen LogP contribution is -2.38. The molecule has 1 N–H and O–H groups in total. The average molecular weight is 475 g/mol. The molecule has 2 aromatic heterocycles. The minimum absolute atomic E-state index is 0.0523. The molecule has 1 aromatic carbocycles. The molecular weight excluding hydrogens is 440 g/mol. The van der Waals surface area contributed by atoms with Crippen LogP contribution in [0.2, 0.25) is 0 Å². The van der Waals surface area contributed by atoms with E-state index in [1.165, 1.54) is 11.1 Å². The molecule has 8 heteroatoms. The van der Waals surface area contributed by atoms with Gasteiger partial charge in [-0.1, -0.05) is 24.3 Å². The lowest BCUT2D eigenvalue weighted by molar-refractivity contribution is -0.122. The van der Waals surface area contributed by atoms with Crippen LogP contribution < -0.4 is 10.2 Å². The zero-order valence-electron chi connectivity index (χ0n) is 20.4. The maximum atomic E-state index is 12.6. The molecule has 8 nitrogen and oxygen atoms in total. The summed E-state index contributed by atoms with van der Waals surface area (Å²) < 4.78 is 3.93. The van der Waals surface area contributed by atoms with Gasteiger partial charge >= 0.3 is 0 Å². The molecule has 0 bridgehead atoms. The van der Waals surface area contributed by atoms with E-state index in [9.17, 15) is 9.59 Å². The van der Waals surface area contributed by atoms with E-state index in [1.54, 1.807) is 4.90 Å². The third-order valence-electron chi connectivity index (χ3n) is 7.05. The highest BCUT2D eigenvalue weighted by Gasteiger charge is 2.26. The Bertz CT molecular complexity index is 1200. The predicted molar refractivity (Wildman–Crippen MR) is 136 cm³/mol. The number of fused-ring (bicyclic) bond motifs is 2. The van der Waals surface area contributed by atoms with Crippen LogP contribution in [0.3, 0.4) is 0 Å². The maximum Gasteiger partial charge on any atom is 0.229 e. The summed E-state index contributed by atoms with van der Waals surface area (Å²) in [4.78, 5) is 29.2. The van der Waals surface area contributed by atoms with Gasteiger partial charge in [-0.05, 0) is 42.5 Å². The van der Waals surface area contributed by atoms with Crippen molar-refractivity contribution in [1.29, 1.82) is 0 Å². The van der Waals surface area contributed by atoms with Gasteiger partial charge in [0, 0.05) is 64.9 Å². The maximum absolute atomic E-state index is 12.6. The molecule has 2 aliphatic heterocycles. The second-order valence-corrected chi connectivity index (χ2v) is 9.51. The van der Waals surface area contributed by atoms with Gasteiger partial charge in [0.2, 0.25) is 11.8 Å². The van der Waals surface area contributed by atoms with Crippen molar-refractivity contribution in [2.75, 3.05) is 31.1 Å². The molecule has 0 fully saturated rings. The van der Waals surface area contributed by atoms with Crippen LogP contribution in [0.1, 0.15) is 36.8 Å². The Labute approximate surface area is 206 Å². The van der Waals surface area contributed by atoms with Crippen LogP contribution >= 0.6 is 0 Å². The number of nitrogens with zero attached hydrogens (tertiary/aromatic N) is 5. The van der Waals surface area contributed by atoms with E-state index in [0.29, 0.717) is 38.9 Å². The molecule has 2 aliphatic rings. The smallest absolute Gasteiger partial charge is 0.229 e. The predicted octanol–water partition coefficient (Wildman–Crippen LogP) is 2.97. The van der Waals surface area contributed by atoms with Crippen LogP contribution in [0.4, 0.5) is 5.82 Å². The number of carbonyl (C=O) groups is 2. The van der Waals surface area contributed by atoms with E-state index >= 15 is 0 Å². The lowest BCUT2D eigenvalue weighted by Gasteiger charge is -2.28. The van der Waals surface area contributed by atoms with Gasteiger partial charge in [-0.25, -0.2) is 4.68 Å². The molecule has 0 radical (unpaired) electrons. The summed E-state index contributed by atoms with van der Waals surface area (Å²) in [6, 6.07) is 14.6. The van der Waals surface area contributed by atoms with Crippen LogP contribution in [0.15, 0.2) is 48.7 Å². The van der Waals surface area contributed by atoms with E-state index in [-0.39, 0.29) is 11.8 Å². The summed E-state index contributed by atoms with van der Waals surface area (Å²) in [7, 11) is 1.99. The van der Waals surface area contributed by atoms with Crippen LogP contribution in [-0.2, 0) is 36.1 Å². The van der Waals surface area contributed by atoms with Crippen molar-refractivity contribution in [1.82, 2.24) is 24.6 Å². The quantitative estimate of drug-likeness (QED) is 0.484. The van der Waals surface area contributed by atoms with E-state index in [2.05, 4.69) is 34.5 Å². The lowest BCUT2D eigenvalue weighted by atomic mass is 10.00. The second kappa shape index (κ2) is 10.5. The first-order chi connectivity index (χ1) is 17.1. The van der Waals surface area contributed by atoms with E-state index in [4.69, 9.17) is 5.10 Å². The standard InChI is InChI=1S/C27H34N6O2/c1-30-14-4-9-24(30)23-19-26-32(27(35)12-18-33(26)29-23)16-5-10-25(34)28-13-6-15-31-17-11-21-7-2-3-8-22(21)20-31/h2-4,7-9,14,19H,5-6,10-13,15-18,20H2,1H3,(H,28,34). The minimum atomic E-state index is 0.0523. The number of hydrogen-bond acceptors (Lipinski definition) is 4. The zero-order valence-corrected chi connectivity index (χ0v) is 20.4. The molecule has 0 spiro atoms. The Morgan fingerprint density at radius 1 is 1.03 bits per heavy atom. The number of aryl methyl sites for hydroxylation is 2. The Kier molecular flexibility index (Phi) is 6.99. The average Bonchev–Trinajstić information content (AvgIpc) is 3.49.